The summed E-state index contributed by atoms with van der Waals surface area (Å²) in [6, 6.07) is 21.2. The van der Waals surface area contributed by atoms with Crippen LogP contribution >= 0.6 is 0 Å². The molecule has 0 fully saturated rings. The van der Waals surface area contributed by atoms with Crippen LogP contribution in [-0.4, -0.2) is 41.2 Å². The van der Waals surface area contributed by atoms with Crippen molar-refractivity contribution < 1.29 is 18.8 Å². The molecule has 4 aromatic rings. The maximum absolute atomic E-state index is 13.1. The average Bonchev–Trinajstić information content (AvgIpc) is 3.30. The molecule has 0 spiro atoms. The van der Waals surface area contributed by atoms with E-state index in [4.69, 9.17) is 14.0 Å². The van der Waals surface area contributed by atoms with Crippen LogP contribution in [0.2, 0.25) is 0 Å². The number of nitrogens with zero attached hydrogens (tertiary/aromatic N) is 3. The molecule has 0 saturated carbocycles. The number of likely N-dealkylation sites (N-methyl/N-ethyl adjacent to an activating group) is 1. The summed E-state index contributed by atoms with van der Waals surface area (Å²) in [5, 5.41) is 6.07. The van der Waals surface area contributed by atoms with Crippen LogP contribution < -0.4 is 9.47 Å². The van der Waals surface area contributed by atoms with Crippen LogP contribution in [0.25, 0.3) is 22.2 Å². The van der Waals surface area contributed by atoms with Crippen molar-refractivity contribution in [2.75, 3.05) is 14.2 Å². The Morgan fingerprint density at radius 2 is 1.88 bits per heavy atom. The molecular weight excluding hydrogens is 406 g/mol. The van der Waals surface area contributed by atoms with E-state index in [0.29, 0.717) is 29.6 Å². The van der Waals surface area contributed by atoms with Crippen LogP contribution in [0, 0.1) is 0 Å². The molecule has 0 bridgehead atoms. The van der Waals surface area contributed by atoms with Crippen LogP contribution in [0.5, 0.6) is 11.5 Å². The summed E-state index contributed by atoms with van der Waals surface area (Å²) in [5.41, 5.74) is 0.777. The van der Waals surface area contributed by atoms with Crippen molar-refractivity contribution in [1.82, 2.24) is 15.0 Å². The Labute approximate surface area is 186 Å². The summed E-state index contributed by atoms with van der Waals surface area (Å²) >= 11 is 0. The van der Waals surface area contributed by atoms with Crippen molar-refractivity contribution in [1.29, 1.82) is 0 Å². The Kier molecular flexibility index (Phi) is 6.35. The van der Waals surface area contributed by atoms with Crippen molar-refractivity contribution in [2.45, 2.75) is 26.0 Å². The minimum atomic E-state index is -0.619. The normalized spacial score (nSPS) is 11.8. The topological polar surface area (TPSA) is 77.7 Å². The molecule has 1 amide bonds. The smallest absolute Gasteiger partial charge is 0.263 e. The lowest BCUT2D eigenvalue weighted by molar-refractivity contribution is -0.138. The molecule has 0 aliphatic carbocycles. The lowest BCUT2D eigenvalue weighted by Gasteiger charge is -2.23. The number of fused-ring (bicyclic) bond motifs is 1. The Hall–Kier alpha value is -3.87. The maximum atomic E-state index is 13.1. The average molecular weight is 431 g/mol. The van der Waals surface area contributed by atoms with E-state index in [9.17, 15) is 4.79 Å². The SMILES string of the molecule is CCC(Oc1cccc2ccccc12)C(=O)N(C)Cc1nc(-c2cccc(OC)c2)no1. The number of hydrogen-bond donors (Lipinski definition) is 0. The van der Waals surface area contributed by atoms with Gasteiger partial charge in [0.25, 0.3) is 5.91 Å². The van der Waals surface area contributed by atoms with Gasteiger partial charge in [0, 0.05) is 18.0 Å². The molecule has 0 N–H and O–H groups in total. The Morgan fingerprint density at radius 3 is 2.69 bits per heavy atom. The van der Waals surface area contributed by atoms with Gasteiger partial charge in [-0.1, -0.05) is 60.6 Å². The summed E-state index contributed by atoms with van der Waals surface area (Å²) in [4.78, 5) is 19.0. The van der Waals surface area contributed by atoms with Gasteiger partial charge in [-0.3, -0.25) is 4.79 Å². The second-order valence-corrected chi connectivity index (χ2v) is 7.43. The minimum Gasteiger partial charge on any atom is -0.497 e. The van der Waals surface area contributed by atoms with Crippen molar-refractivity contribution in [3.8, 4) is 22.9 Å². The molecule has 0 radical (unpaired) electrons. The van der Waals surface area contributed by atoms with Crippen molar-refractivity contribution in [3.05, 3.63) is 72.6 Å². The van der Waals surface area contributed by atoms with Gasteiger partial charge >= 0.3 is 0 Å². The molecule has 1 atom stereocenters. The van der Waals surface area contributed by atoms with Crippen molar-refractivity contribution in [3.63, 3.8) is 0 Å². The number of methoxy groups -OCH3 is 1. The molecule has 7 heteroatoms. The van der Waals surface area contributed by atoms with E-state index < -0.39 is 6.10 Å². The zero-order chi connectivity index (χ0) is 22.5. The van der Waals surface area contributed by atoms with Gasteiger partial charge in [0.2, 0.25) is 11.7 Å². The standard InChI is InChI=1S/C25H25N3O4/c1-4-21(31-22-14-8-10-17-9-5-6-13-20(17)22)25(29)28(2)16-23-26-24(27-32-23)18-11-7-12-19(15-18)30-3/h5-15,21H,4,16H2,1-3H3. The molecule has 4 rings (SSSR count). The first-order chi connectivity index (χ1) is 15.6. The fraction of sp³-hybridized carbons (Fsp3) is 0.240. The molecular formula is C25H25N3O4. The zero-order valence-electron chi connectivity index (χ0n) is 18.3. The summed E-state index contributed by atoms with van der Waals surface area (Å²) < 4.78 is 16.7. The maximum Gasteiger partial charge on any atom is 0.263 e. The molecule has 1 heterocycles. The number of aromatic nitrogens is 2. The second-order valence-electron chi connectivity index (χ2n) is 7.43. The van der Waals surface area contributed by atoms with Crippen molar-refractivity contribution >= 4 is 16.7 Å². The highest BCUT2D eigenvalue weighted by molar-refractivity contribution is 5.89. The summed E-state index contributed by atoms with van der Waals surface area (Å²) in [7, 11) is 3.30. The largest absolute Gasteiger partial charge is 0.497 e. The molecule has 164 valence electrons. The number of carbonyl (C=O) groups excluding carboxylic acids is 1. The van der Waals surface area contributed by atoms with Gasteiger partial charge in [-0.15, -0.1) is 0 Å². The van der Waals surface area contributed by atoms with Gasteiger partial charge in [0.1, 0.15) is 11.5 Å². The molecule has 32 heavy (non-hydrogen) atoms. The van der Waals surface area contributed by atoms with Gasteiger partial charge in [0.05, 0.1) is 13.7 Å². The van der Waals surface area contributed by atoms with E-state index >= 15 is 0 Å². The van der Waals surface area contributed by atoms with Crippen LogP contribution in [0.3, 0.4) is 0 Å². The molecule has 0 aliphatic rings. The van der Waals surface area contributed by atoms with Crippen LogP contribution in [0.4, 0.5) is 0 Å². The van der Waals surface area contributed by atoms with E-state index in [2.05, 4.69) is 10.1 Å². The fourth-order valence-electron chi connectivity index (χ4n) is 3.49. The first-order valence-corrected chi connectivity index (χ1v) is 10.5. The van der Waals surface area contributed by atoms with Gasteiger partial charge in [0.15, 0.2) is 6.10 Å². The third-order valence-corrected chi connectivity index (χ3v) is 5.21. The third kappa shape index (κ3) is 4.56. The van der Waals surface area contributed by atoms with Gasteiger partial charge in [-0.2, -0.15) is 4.98 Å². The Morgan fingerprint density at radius 1 is 1.09 bits per heavy atom. The van der Waals surface area contributed by atoms with Crippen LogP contribution in [-0.2, 0) is 11.3 Å². The number of rotatable bonds is 8. The van der Waals surface area contributed by atoms with Crippen molar-refractivity contribution in [2.24, 2.45) is 0 Å². The number of benzene rings is 3. The number of carbonyl (C=O) groups is 1. The highest BCUT2D eigenvalue weighted by Crippen LogP contribution is 2.27. The van der Waals surface area contributed by atoms with E-state index in [1.807, 2.05) is 73.7 Å². The quantitative estimate of drug-likeness (QED) is 0.402. The predicted octanol–water partition coefficient (Wildman–Crippen LogP) is 4.71. The highest BCUT2D eigenvalue weighted by Gasteiger charge is 2.24. The summed E-state index contributed by atoms with van der Waals surface area (Å²) in [5.74, 6) is 2.03. The van der Waals surface area contributed by atoms with Gasteiger partial charge in [-0.05, 0) is 30.0 Å². The minimum absolute atomic E-state index is 0.151. The van der Waals surface area contributed by atoms with E-state index in [-0.39, 0.29) is 12.5 Å². The highest BCUT2D eigenvalue weighted by atomic mass is 16.5. The third-order valence-electron chi connectivity index (χ3n) is 5.21. The molecule has 0 saturated heterocycles. The first kappa shape index (κ1) is 21.4. The fourth-order valence-corrected chi connectivity index (χ4v) is 3.49. The number of amides is 1. The van der Waals surface area contributed by atoms with Crippen LogP contribution in [0.15, 0.2) is 71.3 Å². The lowest BCUT2D eigenvalue weighted by atomic mass is 10.1. The van der Waals surface area contributed by atoms with E-state index in [0.717, 1.165) is 16.3 Å². The molecule has 3 aromatic carbocycles. The van der Waals surface area contributed by atoms with E-state index in [1.165, 1.54) is 0 Å². The monoisotopic (exact) mass is 431 g/mol. The van der Waals surface area contributed by atoms with Gasteiger partial charge in [-0.25, -0.2) is 0 Å². The first-order valence-electron chi connectivity index (χ1n) is 10.5. The summed E-state index contributed by atoms with van der Waals surface area (Å²) in [6.07, 6.45) is -0.0859. The molecule has 1 unspecified atom stereocenters. The second kappa shape index (κ2) is 9.51. The van der Waals surface area contributed by atoms with E-state index in [1.54, 1.807) is 19.1 Å². The molecule has 0 aliphatic heterocycles. The zero-order valence-corrected chi connectivity index (χ0v) is 18.3. The van der Waals surface area contributed by atoms with Gasteiger partial charge < -0.3 is 18.9 Å². The number of ether oxygens (including phenoxy) is 2. The summed E-state index contributed by atoms with van der Waals surface area (Å²) in [6.45, 7) is 2.11. The Balaban J connectivity index is 1.46. The lowest BCUT2D eigenvalue weighted by Crippen LogP contribution is -2.39. The Bertz CT molecular complexity index is 1220. The van der Waals surface area contributed by atoms with Crippen LogP contribution in [0.1, 0.15) is 19.2 Å². The molecule has 1 aromatic heterocycles. The number of hydrogen-bond acceptors (Lipinski definition) is 6. The molecule has 7 nitrogen and oxygen atoms in total. The predicted molar refractivity (Wildman–Crippen MR) is 121 cm³/mol.